The van der Waals surface area contributed by atoms with Crippen LogP contribution in [0.25, 0.3) is 0 Å². The second kappa shape index (κ2) is 7.87. The monoisotopic (exact) mass is 358 g/mol. The second-order valence-corrected chi connectivity index (χ2v) is 6.62. The molecule has 0 atom stereocenters. The van der Waals surface area contributed by atoms with Crippen molar-refractivity contribution < 1.29 is 9.59 Å². The Balaban J connectivity index is 1.69. The van der Waals surface area contributed by atoms with Crippen LogP contribution in [-0.4, -0.2) is 11.8 Å². The van der Waals surface area contributed by atoms with Crippen LogP contribution in [0.3, 0.4) is 0 Å². The summed E-state index contributed by atoms with van der Waals surface area (Å²) in [7, 11) is 0. The van der Waals surface area contributed by atoms with Gasteiger partial charge in [0.2, 0.25) is 0 Å². The summed E-state index contributed by atoms with van der Waals surface area (Å²) in [4.78, 5) is 24.8. The number of rotatable bonds is 4. The summed E-state index contributed by atoms with van der Waals surface area (Å²) >= 11 is 0. The van der Waals surface area contributed by atoms with E-state index in [9.17, 15) is 9.59 Å². The summed E-state index contributed by atoms with van der Waals surface area (Å²) in [5, 5.41) is 5.81. The van der Waals surface area contributed by atoms with Gasteiger partial charge in [0.05, 0.1) is 0 Å². The van der Waals surface area contributed by atoms with E-state index in [1.54, 1.807) is 30.3 Å². The van der Waals surface area contributed by atoms with E-state index in [1.807, 2.05) is 57.2 Å². The van der Waals surface area contributed by atoms with Gasteiger partial charge in [0.25, 0.3) is 11.8 Å². The molecule has 27 heavy (non-hydrogen) atoms. The van der Waals surface area contributed by atoms with Crippen LogP contribution in [0.15, 0.2) is 66.7 Å². The predicted molar refractivity (Wildman–Crippen MR) is 109 cm³/mol. The van der Waals surface area contributed by atoms with Crippen molar-refractivity contribution in [1.29, 1.82) is 0 Å². The molecule has 0 spiro atoms. The van der Waals surface area contributed by atoms with Crippen LogP contribution in [-0.2, 0) is 0 Å². The van der Waals surface area contributed by atoms with Gasteiger partial charge in [0, 0.05) is 22.5 Å². The van der Waals surface area contributed by atoms with Crippen LogP contribution >= 0.6 is 0 Å². The molecule has 0 radical (unpaired) electrons. The second-order valence-electron chi connectivity index (χ2n) is 6.62. The van der Waals surface area contributed by atoms with E-state index >= 15 is 0 Å². The minimum atomic E-state index is -0.177. The summed E-state index contributed by atoms with van der Waals surface area (Å²) in [6, 6.07) is 20.2. The molecule has 2 N–H and O–H groups in total. The van der Waals surface area contributed by atoms with Crippen molar-refractivity contribution in [3.63, 3.8) is 0 Å². The van der Waals surface area contributed by atoms with E-state index in [0.717, 1.165) is 22.4 Å². The van der Waals surface area contributed by atoms with Crippen molar-refractivity contribution in [2.45, 2.75) is 20.8 Å². The van der Waals surface area contributed by atoms with Gasteiger partial charge in [-0.15, -0.1) is 0 Å². The van der Waals surface area contributed by atoms with Gasteiger partial charge < -0.3 is 10.6 Å². The smallest absolute Gasteiger partial charge is 0.255 e. The van der Waals surface area contributed by atoms with Crippen LogP contribution in [0.4, 0.5) is 11.4 Å². The molecule has 0 unspecified atom stereocenters. The number of aryl methyl sites for hydroxylation is 3. The maximum Gasteiger partial charge on any atom is 0.255 e. The number of carbonyl (C=O) groups is 2. The lowest BCUT2D eigenvalue weighted by Crippen LogP contribution is -2.14. The van der Waals surface area contributed by atoms with Crippen molar-refractivity contribution >= 4 is 23.2 Å². The summed E-state index contributed by atoms with van der Waals surface area (Å²) in [6.07, 6.45) is 0. The Morgan fingerprint density at radius 2 is 1.26 bits per heavy atom. The minimum Gasteiger partial charge on any atom is -0.322 e. The van der Waals surface area contributed by atoms with E-state index in [2.05, 4.69) is 10.6 Å². The summed E-state index contributed by atoms with van der Waals surface area (Å²) in [6.45, 7) is 5.87. The van der Waals surface area contributed by atoms with E-state index in [1.165, 1.54) is 0 Å². The maximum atomic E-state index is 12.5. The number of nitrogens with one attached hydrogen (secondary N) is 2. The van der Waals surface area contributed by atoms with Gasteiger partial charge in [-0.05, 0) is 68.3 Å². The van der Waals surface area contributed by atoms with Gasteiger partial charge in [-0.2, -0.15) is 0 Å². The number of amides is 2. The van der Waals surface area contributed by atoms with E-state index < -0.39 is 0 Å². The van der Waals surface area contributed by atoms with Crippen LogP contribution in [0.2, 0.25) is 0 Å². The summed E-state index contributed by atoms with van der Waals surface area (Å²) < 4.78 is 0. The predicted octanol–water partition coefficient (Wildman–Crippen LogP) is 5.12. The van der Waals surface area contributed by atoms with E-state index in [-0.39, 0.29) is 11.8 Å². The molecule has 0 saturated carbocycles. The fourth-order valence-electron chi connectivity index (χ4n) is 2.89. The Bertz CT molecular complexity index is 971. The molecule has 0 bridgehead atoms. The normalized spacial score (nSPS) is 10.3. The maximum absolute atomic E-state index is 12.5. The zero-order chi connectivity index (χ0) is 19.4. The van der Waals surface area contributed by atoms with E-state index in [4.69, 9.17) is 0 Å². The Morgan fingerprint density at radius 3 is 1.89 bits per heavy atom. The average molecular weight is 358 g/mol. The zero-order valence-corrected chi connectivity index (χ0v) is 15.7. The molecule has 136 valence electrons. The first-order valence-corrected chi connectivity index (χ1v) is 8.79. The van der Waals surface area contributed by atoms with Gasteiger partial charge in [0.1, 0.15) is 0 Å². The average Bonchev–Trinajstić information content (AvgIpc) is 2.65. The standard InChI is InChI=1S/C23H22N2O2/c1-15-6-4-9-19(14-15)23(27)24-20-12-10-18(11-13-20)22(26)25-21-16(2)7-5-8-17(21)3/h4-14H,1-3H3,(H,24,27)(H,25,26). The molecule has 0 aliphatic heterocycles. The molecule has 3 rings (SSSR count). The molecule has 4 heteroatoms. The first-order valence-electron chi connectivity index (χ1n) is 8.79. The third-order valence-electron chi connectivity index (χ3n) is 4.40. The fourth-order valence-corrected chi connectivity index (χ4v) is 2.89. The lowest BCUT2D eigenvalue weighted by Gasteiger charge is -2.12. The number of carbonyl (C=O) groups excluding carboxylic acids is 2. The molecule has 0 aliphatic rings. The van der Waals surface area contributed by atoms with Crippen molar-refractivity contribution in [2.75, 3.05) is 10.6 Å². The van der Waals surface area contributed by atoms with Crippen molar-refractivity contribution in [1.82, 2.24) is 0 Å². The number of para-hydroxylation sites is 1. The van der Waals surface area contributed by atoms with Crippen LogP contribution in [0.1, 0.15) is 37.4 Å². The highest BCUT2D eigenvalue weighted by molar-refractivity contribution is 6.06. The summed E-state index contributed by atoms with van der Waals surface area (Å²) in [5.41, 5.74) is 5.68. The minimum absolute atomic E-state index is 0.175. The third-order valence-corrected chi connectivity index (χ3v) is 4.40. The molecule has 3 aromatic rings. The molecule has 0 heterocycles. The molecule has 0 aliphatic carbocycles. The number of benzene rings is 3. The molecule has 0 saturated heterocycles. The Hall–Kier alpha value is -3.40. The van der Waals surface area contributed by atoms with Crippen molar-refractivity contribution in [3.8, 4) is 0 Å². The van der Waals surface area contributed by atoms with Crippen molar-refractivity contribution in [2.24, 2.45) is 0 Å². The molecular formula is C23H22N2O2. The molecule has 2 amide bonds. The number of anilines is 2. The SMILES string of the molecule is Cc1cccc(C(=O)Nc2ccc(C(=O)Nc3c(C)cccc3C)cc2)c1. The molecular weight excluding hydrogens is 336 g/mol. The van der Waals surface area contributed by atoms with Crippen LogP contribution in [0.5, 0.6) is 0 Å². The van der Waals surface area contributed by atoms with Crippen LogP contribution in [0, 0.1) is 20.8 Å². The highest BCUT2D eigenvalue weighted by Gasteiger charge is 2.11. The Labute approximate surface area is 159 Å². The lowest BCUT2D eigenvalue weighted by atomic mass is 10.1. The molecule has 3 aromatic carbocycles. The number of hydrogen-bond acceptors (Lipinski definition) is 2. The topological polar surface area (TPSA) is 58.2 Å². The largest absolute Gasteiger partial charge is 0.322 e. The zero-order valence-electron chi connectivity index (χ0n) is 15.7. The lowest BCUT2D eigenvalue weighted by molar-refractivity contribution is 0.102. The first kappa shape index (κ1) is 18.4. The Kier molecular flexibility index (Phi) is 5.36. The highest BCUT2D eigenvalue weighted by atomic mass is 16.2. The quantitative estimate of drug-likeness (QED) is 0.680. The van der Waals surface area contributed by atoms with Gasteiger partial charge in [-0.25, -0.2) is 0 Å². The van der Waals surface area contributed by atoms with Gasteiger partial charge >= 0.3 is 0 Å². The Morgan fingerprint density at radius 1 is 0.667 bits per heavy atom. The third kappa shape index (κ3) is 4.42. The molecule has 4 nitrogen and oxygen atoms in total. The van der Waals surface area contributed by atoms with Crippen molar-refractivity contribution in [3.05, 3.63) is 94.5 Å². The highest BCUT2D eigenvalue weighted by Crippen LogP contribution is 2.21. The fraction of sp³-hybridized carbons (Fsp3) is 0.130. The van der Waals surface area contributed by atoms with E-state index in [0.29, 0.717) is 16.8 Å². The first-order chi connectivity index (χ1) is 12.9. The van der Waals surface area contributed by atoms with Gasteiger partial charge in [0.15, 0.2) is 0 Å². The summed E-state index contributed by atoms with van der Waals surface area (Å²) in [5.74, 6) is -0.351. The van der Waals surface area contributed by atoms with Gasteiger partial charge in [-0.1, -0.05) is 35.9 Å². The molecule has 0 aromatic heterocycles. The van der Waals surface area contributed by atoms with Crippen LogP contribution < -0.4 is 10.6 Å². The molecule has 0 fully saturated rings. The number of hydrogen-bond donors (Lipinski definition) is 2. The van der Waals surface area contributed by atoms with Gasteiger partial charge in [-0.3, -0.25) is 9.59 Å².